The number of anilines is 1. The van der Waals surface area contributed by atoms with Gasteiger partial charge < -0.3 is 10.2 Å². The Balaban J connectivity index is 2.43. The van der Waals surface area contributed by atoms with Crippen molar-refractivity contribution in [3.63, 3.8) is 0 Å². The fourth-order valence-corrected chi connectivity index (χ4v) is 4.77. The maximum Gasteiger partial charge on any atom is 0.244 e. The summed E-state index contributed by atoms with van der Waals surface area (Å²) in [4.78, 5) is 28.1. The zero-order chi connectivity index (χ0) is 26.2. The first kappa shape index (κ1) is 28.7. The van der Waals surface area contributed by atoms with E-state index in [9.17, 15) is 18.0 Å². The molecule has 0 aliphatic rings. The fraction of sp³-hybridized carbons (Fsp3) is 0.462. The van der Waals surface area contributed by atoms with E-state index in [1.54, 1.807) is 30.3 Å². The predicted octanol–water partition coefficient (Wildman–Crippen LogP) is 4.45. The van der Waals surface area contributed by atoms with Crippen LogP contribution in [0.3, 0.4) is 0 Å². The van der Waals surface area contributed by atoms with Gasteiger partial charge in [0.05, 0.1) is 11.9 Å². The topological polar surface area (TPSA) is 86.8 Å². The Morgan fingerprint density at radius 2 is 1.74 bits per heavy atom. The fourth-order valence-electron chi connectivity index (χ4n) is 3.73. The van der Waals surface area contributed by atoms with Crippen LogP contribution in [0.25, 0.3) is 0 Å². The lowest BCUT2D eigenvalue weighted by Gasteiger charge is -2.33. The first-order chi connectivity index (χ1) is 16.5. The molecule has 0 bridgehead atoms. The lowest BCUT2D eigenvalue weighted by molar-refractivity contribution is -0.140. The minimum absolute atomic E-state index is 0.0861. The number of halogens is 1. The van der Waals surface area contributed by atoms with E-state index in [-0.39, 0.29) is 12.5 Å². The number of benzene rings is 2. The van der Waals surface area contributed by atoms with Crippen molar-refractivity contribution in [2.24, 2.45) is 0 Å². The minimum Gasteiger partial charge on any atom is -0.354 e. The highest BCUT2D eigenvalue weighted by atomic mass is 35.5. The zero-order valence-electron chi connectivity index (χ0n) is 21.2. The van der Waals surface area contributed by atoms with Gasteiger partial charge in [0.25, 0.3) is 0 Å². The van der Waals surface area contributed by atoms with Crippen molar-refractivity contribution in [3.05, 3.63) is 64.2 Å². The molecule has 35 heavy (non-hydrogen) atoms. The van der Waals surface area contributed by atoms with Gasteiger partial charge in [-0.05, 0) is 61.6 Å². The number of nitrogens with zero attached hydrogens (tertiary/aromatic N) is 2. The van der Waals surface area contributed by atoms with E-state index in [1.807, 2.05) is 39.8 Å². The Morgan fingerprint density at radius 3 is 2.31 bits per heavy atom. The number of carbonyl (C=O) groups excluding carboxylic acids is 2. The quantitative estimate of drug-likeness (QED) is 0.418. The number of hydrogen-bond acceptors (Lipinski definition) is 4. The Morgan fingerprint density at radius 1 is 1.06 bits per heavy atom. The van der Waals surface area contributed by atoms with Crippen LogP contribution in [0.1, 0.15) is 49.8 Å². The van der Waals surface area contributed by atoms with E-state index in [1.165, 1.54) is 4.90 Å². The lowest BCUT2D eigenvalue weighted by atomic mass is 10.1. The molecule has 2 amide bonds. The monoisotopic (exact) mass is 521 g/mol. The molecule has 1 N–H and O–H groups in total. The third kappa shape index (κ3) is 7.97. The van der Waals surface area contributed by atoms with E-state index in [0.717, 1.165) is 34.5 Å². The second kappa shape index (κ2) is 12.9. The van der Waals surface area contributed by atoms with Crippen LogP contribution < -0.4 is 9.62 Å². The van der Waals surface area contributed by atoms with Gasteiger partial charge in [0, 0.05) is 18.1 Å². The van der Waals surface area contributed by atoms with Crippen LogP contribution in [0.5, 0.6) is 0 Å². The molecule has 2 rings (SSSR count). The van der Waals surface area contributed by atoms with Gasteiger partial charge in [-0.3, -0.25) is 13.9 Å². The van der Waals surface area contributed by atoms with Gasteiger partial charge in [-0.2, -0.15) is 0 Å². The van der Waals surface area contributed by atoms with Crippen molar-refractivity contribution < 1.29 is 18.0 Å². The van der Waals surface area contributed by atoms with E-state index in [2.05, 4.69) is 5.32 Å². The van der Waals surface area contributed by atoms with Crippen LogP contribution in [-0.2, 0) is 26.2 Å². The summed E-state index contributed by atoms with van der Waals surface area (Å²) >= 11 is 6.36. The molecular formula is C26H36ClN3O4S. The molecule has 2 aromatic carbocycles. The summed E-state index contributed by atoms with van der Waals surface area (Å²) in [5.74, 6) is -0.746. The summed E-state index contributed by atoms with van der Waals surface area (Å²) < 4.78 is 26.5. The number of nitrogens with one attached hydrogen (secondary N) is 1. The molecule has 7 nitrogen and oxygen atoms in total. The van der Waals surface area contributed by atoms with Crippen molar-refractivity contribution in [3.8, 4) is 0 Å². The number of hydrogen-bond donors (Lipinski definition) is 1. The number of aryl methyl sites for hydroxylation is 2. The van der Waals surface area contributed by atoms with Crippen molar-refractivity contribution in [1.29, 1.82) is 0 Å². The highest BCUT2D eigenvalue weighted by Gasteiger charge is 2.32. The first-order valence-electron chi connectivity index (χ1n) is 11.8. The molecule has 0 aliphatic heterocycles. The maximum absolute atomic E-state index is 13.7. The Bertz CT molecular complexity index is 1140. The molecule has 0 radical (unpaired) electrons. The van der Waals surface area contributed by atoms with Crippen molar-refractivity contribution >= 4 is 39.1 Å². The standard InChI is InChI=1S/C26H36ClN3O4S/c1-6-8-15-28-26(32)24(7-2)29(17-21-11-9-10-12-23(21)27)25(31)18-30(35(5,33)34)22-14-13-19(3)20(4)16-22/h9-14,16,24H,6-8,15,17-18H2,1-5H3,(H,28,32). The van der Waals surface area contributed by atoms with Crippen LogP contribution in [0, 0.1) is 13.8 Å². The smallest absolute Gasteiger partial charge is 0.244 e. The molecule has 0 saturated carbocycles. The van der Waals surface area contributed by atoms with Crippen LogP contribution >= 0.6 is 11.6 Å². The van der Waals surface area contributed by atoms with Gasteiger partial charge in [-0.1, -0.05) is 56.1 Å². The van der Waals surface area contributed by atoms with Crippen LogP contribution in [0.4, 0.5) is 5.69 Å². The predicted molar refractivity (Wildman–Crippen MR) is 142 cm³/mol. The number of amides is 2. The molecule has 0 spiro atoms. The summed E-state index contributed by atoms with van der Waals surface area (Å²) in [6.45, 7) is 7.85. The number of rotatable bonds is 12. The van der Waals surface area contributed by atoms with E-state index < -0.39 is 28.5 Å². The van der Waals surface area contributed by atoms with E-state index in [4.69, 9.17) is 11.6 Å². The molecule has 0 aromatic heterocycles. The summed E-state index contributed by atoms with van der Waals surface area (Å²) in [5.41, 5.74) is 3.02. The minimum atomic E-state index is -3.77. The molecule has 0 saturated heterocycles. The molecular weight excluding hydrogens is 486 g/mol. The SMILES string of the molecule is CCCCNC(=O)C(CC)N(Cc1ccccc1Cl)C(=O)CN(c1ccc(C)c(C)c1)S(C)(=O)=O. The van der Waals surface area contributed by atoms with Gasteiger partial charge in [0.15, 0.2) is 0 Å². The summed E-state index contributed by atoms with van der Waals surface area (Å²) in [6.07, 6.45) is 3.20. The van der Waals surface area contributed by atoms with Crippen LogP contribution in [0.15, 0.2) is 42.5 Å². The molecule has 192 valence electrons. The van der Waals surface area contributed by atoms with E-state index in [0.29, 0.717) is 29.2 Å². The van der Waals surface area contributed by atoms with Crippen LogP contribution in [0.2, 0.25) is 5.02 Å². The molecule has 0 heterocycles. The third-order valence-corrected chi connectivity index (χ3v) is 7.48. The number of sulfonamides is 1. The van der Waals surface area contributed by atoms with Gasteiger partial charge in [0.2, 0.25) is 21.8 Å². The van der Waals surface area contributed by atoms with Gasteiger partial charge in [-0.15, -0.1) is 0 Å². The summed E-state index contributed by atoms with van der Waals surface area (Å²) in [5, 5.41) is 3.37. The average molecular weight is 522 g/mol. The highest BCUT2D eigenvalue weighted by Crippen LogP contribution is 2.24. The first-order valence-corrected chi connectivity index (χ1v) is 14.1. The van der Waals surface area contributed by atoms with Crippen molar-refractivity contribution in [2.45, 2.75) is 59.5 Å². The lowest BCUT2D eigenvalue weighted by Crippen LogP contribution is -2.52. The molecule has 2 aromatic rings. The maximum atomic E-state index is 13.7. The van der Waals surface area contributed by atoms with Crippen LogP contribution in [-0.4, -0.2) is 50.5 Å². The number of unbranched alkanes of at least 4 members (excludes halogenated alkanes) is 1. The average Bonchev–Trinajstić information content (AvgIpc) is 2.79. The Labute approximate surface area is 214 Å². The highest BCUT2D eigenvalue weighted by molar-refractivity contribution is 7.92. The Hall–Kier alpha value is -2.58. The molecule has 1 unspecified atom stereocenters. The van der Waals surface area contributed by atoms with E-state index >= 15 is 0 Å². The molecule has 9 heteroatoms. The molecule has 0 fully saturated rings. The molecule has 1 atom stereocenters. The normalized spacial score (nSPS) is 12.2. The summed E-state index contributed by atoms with van der Waals surface area (Å²) in [7, 11) is -3.77. The zero-order valence-corrected chi connectivity index (χ0v) is 22.7. The van der Waals surface area contributed by atoms with Crippen molar-refractivity contribution in [2.75, 3.05) is 23.7 Å². The second-order valence-electron chi connectivity index (χ2n) is 8.72. The number of carbonyl (C=O) groups is 2. The third-order valence-electron chi connectivity index (χ3n) is 5.97. The van der Waals surface area contributed by atoms with Gasteiger partial charge >= 0.3 is 0 Å². The van der Waals surface area contributed by atoms with Gasteiger partial charge in [-0.25, -0.2) is 8.42 Å². The molecule has 0 aliphatic carbocycles. The summed E-state index contributed by atoms with van der Waals surface area (Å²) in [6, 6.07) is 11.6. The second-order valence-corrected chi connectivity index (χ2v) is 11.0. The Kier molecular flexibility index (Phi) is 10.6. The van der Waals surface area contributed by atoms with Crippen molar-refractivity contribution in [1.82, 2.24) is 10.2 Å². The largest absolute Gasteiger partial charge is 0.354 e. The van der Waals surface area contributed by atoms with Gasteiger partial charge in [0.1, 0.15) is 12.6 Å².